The summed E-state index contributed by atoms with van der Waals surface area (Å²) in [5.41, 5.74) is 7.39. The van der Waals surface area contributed by atoms with Crippen LogP contribution in [0.4, 0.5) is 16.0 Å². The van der Waals surface area contributed by atoms with Crippen molar-refractivity contribution < 1.29 is 23.5 Å². The predicted molar refractivity (Wildman–Crippen MR) is 146 cm³/mol. The van der Waals surface area contributed by atoms with E-state index in [1.807, 2.05) is 0 Å². The fraction of sp³-hybridized carbons (Fsp3) is 0.250. The van der Waals surface area contributed by atoms with Crippen LogP contribution in [0.2, 0.25) is 0 Å². The number of amides is 2. The molecule has 1 saturated heterocycles. The van der Waals surface area contributed by atoms with Gasteiger partial charge in [-0.05, 0) is 31.0 Å². The summed E-state index contributed by atoms with van der Waals surface area (Å²) in [5, 5.41) is 2.58. The lowest BCUT2D eigenvalue weighted by atomic mass is 10.1. The second-order valence-electron chi connectivity index (χ2n) is 9.13. The summed E-state index contributed by atoms with van der Waals surface area (Å²) >= 11 is 0. The third-order valence-electron chi connectivity index (χ3n) is 6.66. The number of nitrogens with two attached hydrogens (primary N) is 1. The molecule has 0 unspecified atom stereocenters. The first-order valence-electron chi connectivity index (χ1n) is 12.6. The Hall–Kier alpha value is -4.84. The molecule has 11 nitrogen and oxygen atoms in total. The average Bonchev–Trinajstić information content (AvgIpc) is 3.59. The van der Waals surface area contributed by atoms with Crippen LogP contribution in [-0.2, 0) is 9.53 Å². The number of pyridine rings is 1. The number of carbonyl (C=O) groups excluding carboxylic acids is 2. The summed E-state index contributed by atoms with van der Waals surface area (Å²) in [7, 11) is 3.05. The molecule has 1 aliphatic heterocycles. The number of anilines is 2. The molecule has 0 radical (unpaired) electrons. The molecule has 40 heavy (non-hydrogen) atoms. The van der Waals surface area contributed by atoms with Crippen LogP contribution in [0.5, 0.6) is 5.75 Å². The number of fused-ring (bicyclic) bond motifs is 1. The molecule has 5 rings (SSSR count). The highest BCUT2D eigenvalue weighted by Gasteiger charge is 2.33. The zero-order valence-electron chi connectivity index (χ0n) is 22.0. The van der Waals surface area contributed by atoms with Gasteiger partial charge in [0.2, 0.25) is 5.91 Å². The van der Waals surface area contributed by atoms with Gasteiger partial charge in [-0.3, -0.25) is 14.0 Å². The van der Waals surface area contributed by atoms with Gasteiger partial charge >= 0.3 is 0 Å². The molecule has 4 heterocycles. The van der Waals surface area contributed by atoms with Gasteiger partial charge in [-0.2, -0.15) is 0 Å². The maximum Gasteiger partial charge on any atom is 0.259 e. The molecule has 1 aromatic carbocycles. The Labute approximate surface area is 229 Å². The molecule has 12 heteroatoms. The molecule has 0 aliphatic carbocycles. The molecule has 0 saturated carbocycles. The van der Waals surface area contributed by atoms with E-state index in [1.54, 1.807) is 47.0 Å². The third kappa shape index (κ3) is 5.21. The van der Waals surface area contributed by atoms with Crippen molar-refractivity contribution in [2.24, 2.45) is 0 Å². The molecule has 1 atom stereocenters. The molecule has 3 aromatic heterocycles. The first-order chi connectivity index (χ1) is 19.4. The summed E-state index contributed by atoms with van der Waals surface area (Å²) in [6.07, 6.45) is 9.42. The number of hydrogen-bond acceptors (Lipinski definition) is 8. The summed E-state index contributed by atoms with van der Waals surface area (Å²) in [4.78, 5) is 40.6. The van der Waals surface area contributed by atoms with Crippen molar-refractivity contribution >= 4 is 29.0 Å². The standard InChI is InChI=1S/C28H28FN7O4/c1-39-14-4-6-23(37)35-12-3-5-21(35)27-34-24(25-26(30)32-11-13-36(25)27)17-7-8-19(20(29)15-17)28(38)33-22-16-18(40-2)9-10-31-22/h4,6-11,13,15-16,21H,3,5,12,14H2,1-2H3,(H2,30,32)(H,31,33,38)/t21-/m0/s1. The maximum atomic E-state index is 15.3. The average molecular weight is 546 g/mol. The number of methoxy groups -OCH3 is 2. The highest BCUT2D eigenvalue weighted by Crippen LogP contribution is 2.37. The van der Waals surface area contributed by atoms with Crippen molar-refractivity contribution in [1.29, 1.82) is 0 Å². The van der Waals surface area contributed by atoms with E-state index in [-0.39, 0.29) is 29.1 Å². The van der Waals surface area contributed by atoms with Crippen molar-refractivity contribution in [2.45, 2.75) is 18.9 Å². The molecular formula is C28H28FN7O4. The Bertz CT molecular complexity index is 1600. The number of benzene rings is 1. The van der Waals surface area contributed by atoms with E-state index in [0.717, 1.165) is 6.42 Å². The molecule has 1 aliphatic rings. The fourth-order valence-corrected chi connectivity index (χ4v) is 4.80. The van der Waals surface area contributed by atoms with E-state index in [9.17, 15) is 9.59 Å². The van der Waals surface area contributed by atoms with Crippen LogP contribution >= 0.6 is 0 Å². The Morgan fingerprint density at radius 3 is 2.83 bits per heavy atom. The number of rotatable bonds is 8. The van der Waals surface area contributed by atoms with Crippen molar-refractivity contribution in [3.8, 4) is 17.0 Å². The van der Waals surface area contributed by atoms with E-state index in [0.29, 0.717) is 47.9 Å². The SMILES string of the molecule is COCC=CC(=O)N1CCC[C@H]1c1nc(-c2ccc(C(=O)Nc3cc(OC)ccn3)c(F)c2)c2c(N)nccn12. The van der Waals surface area contributed by atoms with Crippen LogP contribution in [0, 0.1) is 5.82 Å². The van der Waals surface area contributed by atoms with Crippen LogP contribution in [-0.4, -0.2) is 63.4 Å². The smallest absolute Gasteiger partial charge is 0.259 e. The van der Waals surface area contributed by atoms with Crippen molar-refractivity contribution in [3.63, 3.8) is 0 Å². The Balaban J connectivity index is 1.48. The number of ether oxygens (including phenoxy) is 2. The summed E-state index contributed by atoms with van der Waals surface area (Å²) in [6, 6.07) is 7.06. The number of nitrogens with zero attached hydrogens (tertiary/aromatic N) is 5. The second kappa shape index (κ2) is 11.5. The van der Waals surface area contributed by atoms with Crippen LogP contribution in [0.1, 0.15) is 35.1 Å². The molecule has 3 N–H and O–H groups in total. The Morgan fingerprint density at radius 2 is 2.05 bits per heavy atom. The molecular weight excluding hydrogens is 517 g/mol. The van der Waals surface area contributed by atoms with E-state index in [4.69, 9.17) is 20.2 Å². The minimum absolute atomic E-state index is 0.146. The second-order valence-corrected chi connectivity index (χ2v) is 9.13. The Morgan fingerprint density at radius 1 is 1.20 bits per heavy atom. The van der Waals surface area contributed by atoms with Gasteiger partial charge in [0.15, 0.2) is 0 Å². The highest BCUT2D eigenvalue weighted by atomic mass is 19.1. The lowest BCUT2D eigenvalue weighted by Crippen LogP contribution is -2.30. The number of nitrogen functional groups attached to an aromatic ring is 1. The number of carbonyl (C=O) groups is 2. The van der Waals surface area contributed by atoms with Crippen LogP contribution in [0.15, 0.2) is 61.1 Å². The fourth-order valence-electron chi connectivity index (χ4n) is 4.80. The quantitative estimate of drug-likeness (QED) is 0.320. The van der Waals surface area contributed by atoms with Gasteiger partial charge in [0.1, 0.15) is 40.2 Å². The lowest BCUT2D eigenvalue weighted by Gasteiger charge is -2.22. The van der Waals surface area contributed by atoms with Gasteiger partial charge in [0, 0.05) is 50.0 Å². The highest BCUT2D eigenvalue weighted by molar-refractivity contribution is 6.04. The first kappa shape index (κ1) is 26.8. The first-order valence-corrected chi connectivity index (χ1v) is 12.6. The minimum atomic E-state index is -0.746. The van der Waals surface area contributed by atoms with E-state index in [2.05, 4.69) is 15.3 Å². The molecule has 2 amide bonds. The van der Waals surface area contributed by atoms with Gasteiger partial charge in [-0.25, -0.2) is 19.3 Å². The van der Waals surface area contributed by atoms with Gasteiger partial charge in [0.05, 0.1) is 25.3 Å². The van der Waals surface area contributed by atoms with Gasteiger partial charge in [-0.15, -0.1) is 0 Å². The minimum Gasteiger partial charge on any atom is -0.497 e. The summed E-state index contributed by atoms with van der Waals surface area (Å²) in [6.45, 7) is 0.907. The number of nitrogens with one attached hydrogen (secondary N) is 1. The number of halogens is 1. The molecule has 206 valence electrons. The predicted octanol–water partition coefficient (Wildman–Crippen LogP) is 3.64. The molecule has 0 spiro atoms. The van der Waals surface area contributed by atoms with Gasteiger partial charge in [0.25, 0.3) is 5.91 Å². The molecule has 4 aromatic rings. The van der Waals surface area contributed by atoms with Gasteiger partial charge in [-0.1, -0.05) is 12.1 Å². The zero-order valence-corrected chi connectivity index (χ0v) is 22.0. The summed E-state index contributed by atoms with van der Waals surface area (Å²) < 4.78 is 27.2. The topological polar surface area (TPSA) is 137 Å². The molecule has 0 bridgehead atoms. The Kier molecular flexibility index (Phi) is 7.69. The summed E-state index contributed by atoms with van der Waals surface area (Å²) in [5.74, 6) is -0.0267. The van der Waals surface area contributed by atoms with Crippen molar-refractivity contribution in [2.75, 3.05) is 38.4 Å². The number of imidazole rings is 1. The number of hydrogen-bond donors (Lipinski definition) is 2. The van der Waals surface area contributed by atoms with Crippen LogP contribution in [0.25, 0.3) is 16.8 Å². The number of aromatic nitrogens is 4. The normalized spacial score (nSPS) is 15.2. The van der Waals surface area contributed by atoms with E-state index in [1.165, 1.54) is 37.6 Å². The largest absolute Gasteiger partial charge is 0.497 e. The third-order valence-corrected chi connectivity index (χ3v) is 6.66. The van der Waals surface area contributed by atoms with Crippen LogP contribution in [0.3, 0.4) is 0 Å². The zero-order chi connectivity index (χ0) is 28.2. The monoisotopic (exact) mass is 545 g/mol. The number of likely N-dealkylation sites (tertiary alicyclic amines) is 1. The van der Waals surface area contributed by atoms with Crippen LogP contribution < -0.4 is 15.8 Å². The van der Waals surface area contributed by atoms with Gasteiger partial charge < -0.3 is 25.4 Å². The lowest BCUT2D eigenvalue weighted by molar-refractivity contribution is -0.127. The van der Waals surface area contributed by atoms with Crippen molar-refractivity contribution in [3.05, 3.63) is 78.3 Å². The van der Waals surface area contributed by atoms with E-state index >= 15 is 4.39 Å². The maximum absolute atomic E-state index is 15.3. The van der Waals surface area contributed by atoms with Crippen molar-refractivity contribution in [1.82, 2.24) is 24.3 Å². The molecule has 1 fully saturated rings. The van der Waals surface area contributed by atoms with E-state index < -0.39 is 11.7 Å².